The van der Waals surface area contributed by atoms with E-state index in [1.54, 1.807) is 0 Å². The van der Waals surface area contributed by atoms with E-state index < -0.39 is 11.7 Å². The molecule has 0 spiro atoms. The van der Waals surface area contributed by atoms with Gasteiger partial charge in [-0.05, 0) is 115 Å². The van der Waals surface area contributed by atoms with Gasteiger partial charge in [0.15, 0.2) is 0 Å². The predicted octanol–water partition coefficient (Wildman–Crippen LogP) is 7.96. The first-order valence-electron chi connectivity index (χ1n) is 19.0. The van der Waals surface area contributed by atoms with Crippen LogP contribution in [-0.2, 0) is 27.2 Å². The van der Waals surface area contributed by atoms with Crippen molar-refractivity contribution in [1.29, 1.82) is 0 Å². The largest absolute Gasteiger partial charge is 0.375 e. The van der Waals surface area contributed by atoms with Crippen LogP contribution >= 0.6 is 0 Å². The van der Waals surface area contributed by atoms with Gasteiger partial charge in [-0.3, -0.25) is 9.59 Å². The molecule has 3 N–H and O–H groups in total. The highest BCUT2D eigenvalue weighted by atomic mass is 19.3. The predicted molar refractivity (Wildman–Crippen MR) is 189 cm³/mol. The summed E-state index contributed by atoms with van der Waals surface area (Å²) in [5.74, 6) is -1.52. The number of alkyl halides is 2. The van der Waals surface area contributed by atoms with Crippen LogP contribution in [0.4, 0.5) is 13.2 Å². The van der Waals surface area contributed by atoms with Crippen molar-refractivity contribution in [3.8, 4) is 11.3 Å². The number of nitrogens with one attached hydrogen (secondary N) is 3. The van der Waals surface area contributed by atoms with E-state index in [0.29, 0.717) is 68.0 Å². The van der Waals surface area contributed by atoms with Gasteiger partial charge in [0, 0.05) is 42.5 Å². The SMILES string of the molecule is CC12CCC(F)(F)C[C@@H]1CC[C@@H]1[C@@H]2CC[C@]2(C)[C@@H](OCCOCC(=O)NCc3ccc(-c4[nH]c5cc(F)cc6c5c4CCNC6=O)cc3)CC[C@@H]12. The summed E-state index contributed by atoms with van der Waals surface area (Å²) in [5, 5.41) is 6.54. The first kappa shape index (κ1) is 34.7. The first-order chi connectivity index (χ1) is 24.4. The quantitative estimate of drug-likeness (QED) is 0.197. The number of aromatic nitrogens is 1. The van der Waals surface area contributed by atoms with Gasteiger partial charge >= 0.3 is 0 Å². The number of aromatic amines is 1. The van der Waals surface area contributed by atoms with Crippen LogP contribution in [0.3, 0.4) is 0 Å². The lowest BCUT2D eigenvalue weighted by molar-refractivity contribution is -0.170. The average Bonchev–Trinajstić information content (AvgIpc) is 3.58. The zero-order valence-electron chi connectivity index (χ0n) is 29.7. The fourth-order valence-electron chi connectivity index (χ4n) is 11.3. The third-order valence-corrected chi connectivity index (χ3v) is 13.9. The zero-order chi connectivity index (χ0) is 35.5. The molecule has 4 saturated carbocycles. The van der Waals surface area contributed by atoms with Gasteiger partial charge in [-0.25, -0.2) is 13.2 Å². The highest BCUT2D eigenvalue weighted by molar-refractivity contribution is 6.10. The van der Waals surface area contributed by atoms with Crippen LogP contribution in [-0.4, -0.2) is 55.2 Å². The molecule has 2 heterocycles. The molecule has 3 aromatic rings. The molecule has 0 saturated heterocycles. The molecule has 1 unspecified atom stereocenters. The molecule has 0 radical (unpaired) electrons. The summed E-state index contributed by atoms with van der Waals surface area (Å²) in [6, 6.07) is 10.6. The van der Waals surface area contributed by atoms with Gasteiger partial charge in [0.2, 0.25) is 11.8 Å². The third kappa shape index (κ3) is 6.28. The fourth-order valence-corrected chi connectivity index (χ4v) is 11.3. The van der Waals surface area contributed by atoms with Gasteiger partial charge in [-0.15, -0.1) is 0 Å². The Kier molecular flexibility index (Phi) is 9.01. The molecular formula is C41H50F3N3O4. The number of amides is 2. The topological polar surface area (TPSA) is 92.4 Å². The second-order valence-corrected chi connectivity index (χ2v) is 16.6. The maximum Gasteiger partial charge on any atom is 0.252 e. The summed E-state index contributed by atoms with van der Waals surface area (Å²) in [6.45, 7) is 6.30. The molecule has 10 heteroatoms. The normalized spacial score (nSPS) is 32.4. The number of fused-ring (bicyclic) bond motifs is 5. The maximum atomic E-state index is 14.3. The molecule has 5 aliphatic rings. The second-order valence-electron chi connectivity index (χ2n) is 16.6. The van der Waals surface area contributed by atoms with Crippen LogP contribution in [0.25, 0.3) is 22.2 Å². The summed E-state index contributed by atoms with van der Waals surface area (Å²) in [4.78, 5) is 28.4. The van der Waals surface area contributed by atoms with Gasteiger partial charge in [0.05, 0.1) is 24.9 Å². The number of carbonyl (C=O) groups excluding carboxylic acids is 2. The summed E-state index contributed by atoms with van der Waals surface area (Å²) < 4.78 is 55.0. The molecule has 8 rings (SSSR count). The summed E-state index contributed by atoms with van der Waals surface area (Å²) in [6.07, 6.45) is 7.97. The number of hydrogen-bond donors (Lipinski definition) is 3. The number of benzene rings is 2. The van der Waals surface area contributed by atoms with E-state index in [1.165, 1.54) is 12.1 Å². The van der Waals surface area contributed by atoms with Crippen LogP contribution in [0.1, 0.15) is 93.1 Å². The Labute approximate surface area is 297 Å². The lowest BCUT2D eigenvalue weighted by Crippen LogP contribution is -2.55. The van der Waals surface area contributed by atoms with Crippen molar-refractivity contribution in [2.24, 2.45) is 34.5 Å². The number of halogens is 3. The van der Waals surface area contributed by atoms with Crippen LogP contribution in [0, 0.1) is 40.3 Å². The van der Waals surface area contributed by atoms with Crippen molar-refractivity contribution < 1.29 is 32.2 Å². The highest BCUT2D eigenvalue weighted by Gasteiger charge is 2.62. The van der Waals surface area contributed by atoms with E-state index >= 15 is 0 Å². The summed E-state index contributed by atoms with van der Waals surface area (Å²) in [5.41, 5.74) is 4.82. The van der Waals surface area contributed by atoms with Crippen LogP contribution in [0.15, 0.2) is 36.4 Å². The molecular weight excluding hydrogens is 655 g/mol. The van der Waals surface area contributed by atoms with Gasteiger partial charge in [0.25, 0.3) is 5.91 Å². The minimum absolute atomic E-state index is 0.0430. The van der Waals surface area contributed by atoms with Gasteiger partial charge in [0.1, 0.15) is 12.4 Å². The van der Waals surface area contributed by atoms with E-state index in [1.807, 2.05) is 24.3 Å². The zero-order valence-corrected chi connectivity index (χ0v) is 29.7. The van der Waals surface area contributed by atoms with Crippen molar-refractivity contribution >= 4 is 22.7 Å². The van der Waals surface area contributed by atoms with Crippen molar-refractivity contribution in [2.75, 3.05) is 26.4 Å². The molecule has 4 aliphatic carbocycles. The monoisotopic (exact) mass is 705 g/mol. The number of carbonyl (C=O) groups is 2. The molecule has 1 aliphatic heterocycles. The molecule has 51 heavy (non-hydrogen) atoms. The lowest BCUT2D eigenvalue weighted by Gasteiger charge is -2.61. The van der Waals surface area contributed by atoms with Crippen molar-refractivity contribution in [3.05, 3.63) is 58.9 Å². The average molecular weight is 706 g/mol. The van der Waals surface area contributed by atoms with E-state index in [9.17, 15) is 22.8 Å². The molecule has 0 bridgehead atoms. The fraction of sp³-hybridized carbons (Fsp3) is 0.610. The maximum absolute atomic E-state index is 14.3. The summed E-state index contributed by atoms with van der Waals surface area (Å²) >= 11 is 0. The Balaban J connectivity index is 0.791. The Bertz CT molecular complexity index is 1810. The standard InChI is InChI=1S/C41H50F3N3O4/c1-39-14-15-41(43,44)21-26(39)7-8-28-31-9-10-34(40(31,2)13-11-32(28)39)51-18-17-50-23-35(48)46-22-24-3-5-25(6-4-24)37-29-12-16-45-38(49)30-19-27(42)20-33(47-37)36(29)30/h3-6,19-20,26,28,31-32,34,47H,7-18,21-23H2,1-2H3,(H,45,49)(H,46,48)/t26-,28-,31-,32-,34-,39?,40-/m0/s1. The van der Waals surface area contributed by atoms with Crippen molar-refractivity contribution in [2.45, 2.75) is 96.6 Å². The van der Waals surface area contributed by atoms with Gasteiger partial charge < -0.3 is 25.1 Å². The van der Waals surface area contributed by atoms with E-state index in [0.717, 1.165) is 66.3 Å². The van der Waals surface area contributed by atoms with E-state index in [2.05, 4.69) is 29.5 Å². The third-order valence-electron chi connectivity index (χ3n) is 13.9. The van der Waals surface area contributed by atoms with E-state index in [-0.39, 0.29) is 54.1 Å². The smallest absolute Gasteiger partial charge is 0.252 e. The molecule has 7 nitrogen and oxygen atoms in total. The Morgan fingerprint density at radius 3 is 2.59 bits per heavy atom. The van der Waals surface area contributed by atoms with Gasteiger partial charge in [-0.2, -0.15) is 0 Å². The highest BCUT2D eigenvalue weighted by Crippen LogP contribution is 2.67. The number of H-pyrrole nitrogens is 1. The minimum Gasteiger partial charge on any atom is -0.375 e. The summed E-state index contributed by atoms with van der Waals surface area (Å²) in [7, 11) is 0. The molecule has 274 valence electrons. The molecule has 1 aromatic heterocycles. The molecule has 2 amide bonds. The van der Waals surface area contributed by atoms with Crippen molar-refractivity contribution in [3.63, 3.8) is 0 Å². The number of rotatable bonds is 9. The Hall–Kier alpha value is -3.37. The van der Waals surface area contributed by atoms with E-state index in [4.69, 9.17) is 9.47 Å². The first-order valence-corrected chi connectivity index (χ1v) is 19.0. The van der Waals surface area contributed by atoms with Gasteiger partial charge in [-0.1, -0.05) is 38.1 Å². The van der Waals surface area contributed by atoms with Crippen LogP contribution in [0.2, 0.25) is 0 Å². The Morgan fingerprint density at radius 2 is 1.76 bits per heavy atom. The second kappa shape index (κ2) is 13.2. The number of ether oxygens (including phenoxy) is 2. The molecule has 4 fully saturated rings. The molecule has 2 aromatic carbocycles. The number of hydrogen-bond acceptors (Lipinski definition) is 4. The molecule has 7 atom stereocenters. The lowest BCUT2D eigenvalue weighted by atomic mass is 9.45. The van der Waals surface area contributed by atoms with Crippen LogP contribution < -0.4 is 10.6 Å². The van der Waals surface area contributed by atoms with Crippen LogP contribution in [0.5, 0.6) is 0 Å². The van der Waals surface area contributed by atoms with Crippen molar-refractivity contribution in [1.82, 2.24) is 15.6 Å². The Morgan fingerprint density at radius 1 is 0.961 bits per heavy atom. The minimum atomic E-state index is -2.49.